The van der Waals surface area contributed by atoms with Crippen molar-refractivity contribution in [3.63, 3.8) is 0 Å². The van der Waals surface area contributed by atoms with Crippen LogP contribution in [0, 0.1) is 0 Å². The smallest absolute Gasteiger partial charge is 0.173 e. The molecule has 1 aromatic carbocycles. The predicted molar refractivity (Wildman–Crippen MR) is 76.3 cm³/mol. The van der Waals surface area contributed by atoms with Crippen LogP contribution in [0.15, 0.2) is 24.3 Å². The summed E-state index contributed by atoms with van der Waals surface area (Å²) in [7, 11) is 3.28. The molecule has 0 amide bonds. The molecule has 0 aromatic heterocycles. The third kappa shape index (κ3) is 4.20. The van der Waals surface area contributed by atoms with Crippen molar-refractivity contribution in [3.8, 4) is 0 Å². The Bertz CT molecular complexity index is 319. The van der Waals surface area contributed by atoms with Gasteiger partial charge in [-0.3, -0.25) is 0 Å². The minimum Gasteiger partial charge on any atom is -0.380 e. The highest BCUT2D eigenvalue weighted by Gasteiger charge is 2.05. The fourth-order valence-electron chi connectivity index (χ4n) is 1.84. The van der Waals surface area contributed by atoms with E-state index in [1.807, 2.05) is 0 Å². The Kier molecular flexibility index (Phi) is 6.54. The third-order valence-corrected chi connectivity index (χ3v) is 2.99. The summed E-state index contributed by atoms with van der Waals surface area (Å²) in [4.78, 5) is 2.32. The summed E-state index contributed by atoms with van der Waals surface area (Å²) in [5, 5.41) is 3.28. The van der Waals surface area contributed by atoms with Crippen molar-refractivity contribution < 1.29 is 9.47 Å². The van der Waals surface area contributed by atoms with Crippen molar-refractivity contribution >= 4 is 11.4 Å². The molecule has 4 heteroatoms. The van der Waals surface area contributed by atoms with Gasteiger partial charge in [0, 0.05) is 38.7 Å². The van der Waals surface area contributed by atoms with Crippen LogP contribution in [0.3, 0.4) is 0 Å². The molecule has 102 valence electrons. The molecule has 0 saturated carbocycles. The zero-order valence-corrected chi connectivity index (χ0v) is 11.8. The molecule has 1 N–H and O–H groups in total. The molecule has 0 atom stereocenters. The van der Waals surface area contributed by atoms with Crippen molar-refractivity contribution in [2.24, 2.45) is 0 Å². The Hall–Kier alpha value is -1.26. The number of rotatable bonds is 8. The van der Waals surface area contributed by atoms with Gasteiger partial charge in [-0.25, -0.2) is 0 Å². The van der Waals surface area contributed by atoms with Crippen molar-refractivity contribution in [3.05, 3.63) is 24.3 Å². The van der Waals surface area contributed by atoms with Crippen molar-refractivity contribution in [1.82, 2.24) is 0 Å². The van der Waals surface area contributed by atoms with E-state index in [0.29, 0.717) is 6.54 Å². The van der Waals surface area contributed by atoms with Crippen LogP contribution in [0.2, 0.25) is 0 Å². The summed E-state index contributed by atoms with van der Waals surface area (Å²) < 4.78 is 10.2. The Morgan fingerprint density at radius 1 is 1.06 bits per heavy atom. The molecule has 0 aliphatic carbocycles. The minimum atomic E-state index is -0.215. The summed E-state index contributed by atoms with van der Waals surface area (Å²) in [5.41, 5.74) is 2.32. The first-order chi connectivity index (χ1) is 8.74. The van der Waals surface area contributed by atoms with E-state index in [-0.39, 0.29) is 6.29 Å². The Labute approximate surface area is 110 Å². The van der Waals surface area contributed by atoms with E-state index in [2.05, 4.69) is 48.3 Å². The van der Waals surface area contributed by atoms with Gasteiger partial charge < -0.3 is 19.7 Å². The fourth-order valence-corrected chi connectivity index (χ4v) is 1.84. The number of hydrogen-bond acceptors (Lipinski definition) is 4. The maximum atomic E-state index is 5.12. The van der Waals surface area contributed by atoms with Gasteiger partial charge in [-0.1, -0.05) is 0 Å². The quantitative estimate of drug-likeness (QED) is 0.721. The zero-order chi connectivity index (χ0) is 13.4. The Morgan fingerprint density at radius 3 is 2.06 bits per heavy atom. The first-order valence-electron chi connectivity index (χ1n) is 6.39. The molecular formula is C14H24N2O2. The van der Waals surface area contributed by atoms with Crippen LogP contribution in [-0.4, -0.2) is 40.1 Å². The number of benzene rings is 1. The first-order valence-corrected chi connectivity index (χ1v) is 6.39. The van der Waals surface area contributed by atoms with E-state index in [9.17, 15) is 0 Å². The highest BCUT2D eigenvalue weighted by molar-refractivity contribution is 5.55. The second-order valence-corrected chi connectivity index (χ2v) is 4.00. The second-order valence-electron chi connectivity index (χ2n) is 4.00. The molecule has 0 spiro atoms. The van der Waals surface area contributed by atoms with Crippen molar-refractivity contribution in [2.75, 3.05) is 44.1 Å². The standard InChI is InChI=1S/C14H24N2O2/c1-5-16(6-2)13-9-7-12(8-10-13)15-11-14(17-3)18-4/h7-10,14-15H,5-6,11H2,1-4H3. The lowest BCUT2D eigenvalue weighted by molar-refractivity contribution is -0.0914. The highest BCUT2D eigenvalue weighted by Crippen LogP contribution is 2.17. The maximum Gasteiger partial charge on any atom is 0.173 e. The topological polar surface area (TPSA) is 33.7 Å². The SMILES string of the molecule is CCN(CC)c1ccc(NCC(OC)OC)cc1. The molecule has 0 aliphatic heterocycles. The third-order valence-electron chi connectivity index (χ3n) is 2.99. The zero-order valence-electron chi connectivity index (χ0n) is 11.8. The van der Waals surface area contributed by atoms with E-state index in [0.717, 1.165) is 18.8 Å². The number of hydrogen-bond donors (Lipinski definition) is 1. The lowest BCUT2D eigenvalue weighted by Crippen LogP contribution is -2.24. The normalized spacial score (nSPS) is 10.7. The molecule has 0 saturated heterocycles. The molecule has 0 aliphatic rings. The van der Waals surface area contributed by atoms with Crippen LogP contribution in [0.1, 0.15) is 13.8 Å². The lowest BCUT2D eigenvalue weighted by Gasteiger charge is -2.21. The lowest BCUT2D eigenvalue weighted by atomic mass is 10.2. The van der Waals surface area contributed by atoms with Gasteiger partial charge in [-0.2, -0.15) is 0 Å². The molecule has 0 heterocycles. The average Bonchev–Trinajstić information content (AvgIpc) is 2.43. The molecule has 1 aromatic rings. The van der Waals surface area contributed by atoms with Gasteiger partial charge in [-0.05, 0) is 38.1 Å². The van der Waals surface area contributed by atoms with Crippen LogP contribution in [-0.2, 0) is 9.47 Å². The van der Waals surface area contributed by atoms with Crippen LogP contribution in [0.25, 0.3) is 0 Å². The number of ether oxygens (including phenoxy) is 2. The summed E-state index contributed by atoms with van der Waals surface area (Å²) >= 11 is 0. The molecule has 0 unspecified atom stereocenters. The summed E-state index contributed by atoms with van der Waals surface area (Å²) in [5.74, 6) is 0. The van der Waals surface area contributed by atoms with E-state index in [4.69, 9.17) is 9.47 Å². The van der Waals surface area contributed by atoms with E-state index in [1.54, 1.807) is 14.2 Å². The summed E-state index contributed by atoms with van der Waals surface area (Å²) in [6, 6.07) is 8.42. The van der Waals surface area contributed by atoms with Gasteiger partial charge in [0.15, 0.2) is 6.29 Å². The number of methoxy groups -OCH3 is 2. The van der Waals surface area contributed by atoms with Gasteiger partial charge in [-0.15, -0.1) is 0 Å². The van der Waals surface area contributed by atoms with Gasteiger partial charge in [0.1, 0.15) is 0 Å². The largest absolute Gasteiger partial charge is 0.380 e. The van der Waals surface area contributed by atoms with Gasteiger partial charge in [0.25, 0.3) is 0 Å². The highest BCUT2D eigenvalue weighted by atomic mass is 16.7. The first kappa shape index (κ1) is 14.8. The van der Waals surface area contributed by atoms with E-state index < -0.39 is 0 Å². The van der Waals surface area contributed by atoms with E-state index in [1.165, 1.54) is 5.69 Å². The molecule has 18 heavy (non-hydrogen) atoms. The molecule has 4 nitrogen and oxygen atoms in total. The van der Waals surface area contributed by atoms with Crippen LogP contribution in [0.4, 0.5) is 11.4 Å². The minimum absolute atomic E-state index is 0.215. The molecule has 1 rings (SSSR count). The number of anilines is 2. The Balaban J connectivity index is 2.54. The molecule has 0 radical (unpaired) electrons. The van der Waals surface area contributed by atoms with Crippen molar-refractivity contribution in [1.29, 1.82) is 0 Å². The molecule has 0 bridgehead atoms. The number of nitrogens with one attached hydrogen (secondary N) is 1. The predicted octanol–water partition coefficient (Wildman–Crippen LogP) is 2.56. The Morgan fingerprint density at radius 2 is 1.61 bits per heavy atom. The van der Waals surface area contributed by atoms with E-state index >= 15 is 0 Å². The van der Waals surface area contributed by atoms with Crippen LogP contribution >= 0.6 is 0 Å². The average molecular weight is 252 g/mol. The van der Waals surface area contributed by atoms with Gasteiger partial charge >= 0.3 is 0 Å². The maximum absolute atomic E-state index is 5.12. The molecular weight excluding hydrogens is 228 g/mol. The summed E-state index contributed by atoms with van der Waals surface area (Å²) in [6.45, 7) is 7.02. The summed E-state index contributed by atoms with van der Waals surface area (Å²) in [6.07, 6.45) is -0.215. The van der Waals surface area contributed by atoms with Crippen LogP contribution in [0.5, 0.6) is 0 Å². The van der Waals surface area contributed by atoms with Crippen molar-refractivity contribution in [2.45, 2.75) is 20.1 Å². The number of nitrogens with zero attached hydrogens (tertiary/aromatic N) is 1. The fraction of sp³-hybridized carbons (Fsp3) is 0.571. The van der Waals surface area contributed by atoms with Gasteiger partial charge in [0.2, 0.25) is 0 Å². The van der Waals surface area contributed by atoms with Crippen LogP contribution < -0.4 is 10.2 Å². The monoisotopic (exact) mass is 252 g/mol. The molecule has 0 fully saturated rings. The second kappa shape index (κ2) is 7.95. The van der Waals surface area contributed by atoms with Gasteiger partial charge in [0.05, 0.1) is 6.54 Å².